The molecule has 3 atom stereocenters. The highest BCUT2D eigenvalue weighted by molar-refractivity contribution is 5.94. The zero-order valence-electron chi connectivity index (χ0n) is 13.0. The zero-order chi connectivity index (χ0) is 16.0. The van der Waals surface area contributed by atoms with E-state index in [9.17, 15) is 9.90 Å². The summed E-state index contributed by atoms with van der Waals surface area (Å²) in [6, 6.07) is 13.5. The van der Waals surface area contributed by atoms with Gasteiger partial charge in [-0.3, -0.25) is 9.78 Å². The monoisotopic (exact) mass is 309 g/mol. The van der Waals surface area contributed by atoms with Crippen molar-refractivity contribution in [1.29, 1.82) is 0 Å². The highest BCUT2D eigenvalue weighted by atomic mass is 16.3. The number of carbonyl (C=O) groups excluding carboxylic acids is 1. The Kier molecular flexibility index (Phi) is 3.31. The first kappa shape index (κ1) is 14.2. The molecule has 0 radical (unpaired) electrons. The van der Waals surface area contributed by atoms with E-state index in [0.717, 1.165) is 6.54 Å². The second kappa shape index (κ2) is 5.35. The third-order valence-corrected chi connectivity index (χ3v) is 5.02. The van der Waals surface area contributed by atoms with Crippen LogP contribution in [0.2, 0.25) is 0 Å². The number of anilines is 1. The van der Waals surface area contributed by atoms with Crippen LogP contribution in [-0.4, -0.2) is 53.2 Å². The van der Waals surface area contributed by atoms with E-state index in [1.54, 1.807) is 23.2 Å². The lowest BCUT2D eigenvalue weighted by atomic mass is 9.72. The van der Waals surface area contributed by atoms with Crippen molar-refractivity contribution in [3.63, 3.8) is 0 Å². The number of amides is 1. The predicted octanol–water partition coefficient (Wildman–Crippen LogP) is 1.50. The minimum Gasteiger partial charge on any atom is -0.394 e. The van der Waals surface area contributed by atoms with Crippen LogP contribution in [0.4, 0.5) is 5.69 Å². The molecule has 2 aliphatic rings. The molecule has 0 bridgehead atoms. The average Bonchev–Trinajstić information content (AvgIpc) is 2.58. The third kappa shape index (κ3) is 2.04. The van der Waals surface area contributed by atoms with Gasteiger partial charge in [-0.05, 0) is 23.8 Å². The van der Waals surface area contributed by atoms with Crippen LogP contribution in [0.25, 0.3) is 0 Å². The molecule has 118 valence electrons. The normalized spacial score (nSPS) is 25.4. The van der Waals surface area contributed by atoms with Crippen molar-refractivity contribution < 1.29 is 9.90 Å². The Morgan fingerprint density at radius 2 is 2.04 bits per heavy atom. The molecule has 0 spiro atoms. The molecule has 5 heteroatoms. The maximum absolute atomic E-state index is 12.8. The van der Waals surface area contributed by atoms with Crippen molar-refractivity contribution in [2.75, 3.05) is 25.1 Å². The summed E-state index contributed by atoms with van der Waals surface area (Å²) in [5.74, 6) is 0.0961. The van der Waals surface area contributed by atoms with Crippen LogP contribution in [0, 0.1) is 0 Å². The van der Waals surface area contributed by atoms with E-state index in [2.05, 4.69) is 22.0 Å². The van der Waals surface area contributed by atoms with Crippen LogP contribution in [0.1, 0.15) is 22.0 Å². The van der Waals surface area contributed by atoms with Crippen molar-refractivity contribution >= 4 is 11.6 Å². The van der Waals surface area contributed by atoms with Crippen LogP contribution in [0.3, 0.4) is 0 Å². The highest BCUT2D eigenvalue weighted by Gasteiger charge is 2.54. The van der Waals surface area contributed by atoms with Crippen LogP contribution >= 0.6 is 0 Å². The second-order valence-corrected chi connectivity index (χ2v) is 6.21. The van der Waals surface area contributed by atoms with Gasteiger partial charge < -0.3 is 14.9 Å². The number of aliphatic hydroxyl groups is 1. The minimum atomic E-state index is -0.177. The number of benzene rings is 1. The number of hydrogen-bond donors (Lipinski definition) is 1. The predicted molar refractivity (Wildman–Crippen MR) is 87.5 cm³/mol. The summed E-state index contributed by atoms with van der Waals surface area (Å²) in [6.45, 7) is 0.745. The first-order chi connectivity index (χ1) is 11.2. The maximum atomic E-state index is 12.8. The van der Waals surface area contributed by atoms with Gasteiger partial charge in [-0.25, -0.2) is 0 Å². The third-order valence-electron chi connectivity index (χ3n) is 5.02. The summed E-state index contributed by atoms with van der Waals surface area (Å²) in [4.78, 5) is 21.0. The van der Waals surface area contributed by atoms with Gasteiger partial charge in [-0.15, -0.1) is 0 Å². The van der Waals surface area contributed by atoms with E-state index in [1.165, 1.54) is 11.3 Å². The summed E-state index contributed by atoms with van der Waals surface area (Å²) in [5.41, 5.74) is 2.85. The van der Waals surface area contributed by atoms with Gasteiger partial charge in [0.1, 0.15) is 5.69 Å². The van der Waals surface area contributed by atoms with Crippen LogP contribution in [0.15, 0.2) is 48.7 Å². The number of aromatic nitrogens is 1. The Hall–Kier alpha value is -2.40. The van der Waals surface area contributed by atoms with Gasteiger partial charge in [0.2, 0.25) is 0 Å². The summed E-state index contributed by atoms with van der Waals surface area (Å²) in [5, 5.41) is 9.85. The molecule has 0 unspecified atom stereocenters. The molecule has 2 aliphatic heterocycles. The van der Waals surface area contributed by atoms with E-state index >= 15 is 0 Å². The van der Waals surface area contributed by atoms with Crippen molar-refractivity contribution in [3.05, 3.63) is 59.9 Å². The van der Waals surface area contributed by atoms with Crippen LogP contribution < -0.4 is 4.90 Å². The van der Waals surface area contributed by atoms with Gasteiger partial charge in [0.25, 0.3) is 5.91 Å². The number of likely N-dealkylation sites (tertiary alicyclic amines) is 1. The molecule has 4 rings (SSSR count). The smallest absolute Gasteiger partial charge is 0.273 e. The molecular formula is C18H19N3O2. The van der Waals surface area contributed by atoms with Crippen molar-refractivity contribution in [1.82, 2.24) is 9.88 Å². The van der Waals surface area contributed by atoms with E-state index in [-0.39, 0.29) is 30.5 Å². The molecule has 23 heavy (non-hydrogen) atoms. The molecule has 2 aromatic rings. The van der Waals surface area contributed by atoms with Gasteiger partial charge >= 0.3 is 0 Å². The molecule has 1 fully saturated rings. The number of carbonyl (C=O) groups is 1. The second-order valence-electron chi connectivity index (χ2n) is 6.21. The van der Waals surface area contributed by atoms with Gasteiger partial charge in [-0.2, -0.15) is 0 Å². The lowest BCUT2D eigenvalue weighted by Gasteiger charge is -2.58. The fraction of sp³-hybridized carbons (Fsp3) is 0.333. The van der Waals surface area contributed by atoms with E-state index in [4.69, 9.17) is 0 Å². The minimum absolute atomic E-state index is 0.0300. The molecule has 0 aliphatic carbocycles. The van der Waals surface area contributed by atoms with E-state index in [0.29, 0.717) is 5.69 Å². The number of rotatable bonds is 2. The van der Waals surface area contributed by atoms with Gasteiger partial charge in [0.15, 0.2) is 0 Å². The summed E-state index contributed by atoms with van der Waals surface area (Å²) in [6.07, 6.45) is 1.63. The standard InChI is InChI=1S/C18H19N3O2/c1-20-10-15-17(12-6-2-3-8-14(12)20)16(11-22)21(15)18(23)13-7-4-5-9-19-13/h2-9,15-17,22H,10-11H2,1H3/t15-,16-,17+/m0/s1. The summed E-state index contributed by atoms with van der Waals surface area (Å²) < 4.78 is 0. The Balaban J connectivity index is 1.69. The lowest BCUT2D eigenvalue weighted by molar-refractivity contribution is -0.0249. The molecule has 3 heterocycles. The van der Waals surface area contributed by atoms with Gasteiger partial charge in [0.05, 0.1) is 18.7 Å². The average molecular weight is 309 g/mol. The zero-order valence-corrected chi connectivity index (χ0v) is 13.0. The molecule has 1 N–H and O–H groups in total. The molecule has 1 amide bonds. The SMILES string of the molecule is CN1C[C@H]2[C@@H](c3ccccc31)[C@H](CO)N2C(=O)c1ccccn1. The van der Waals surface area contributed by atoms with Crippen LogP contribution in [-0.2, 0) is 0 Å². The van der Waals surface area contributed by atoms with E-state index in [1.807, 2.05) is 25.2 Å². The number of nitrogens with zero attached hydrogens (tertiary/aromatic N) is 3. The molecule has 1 saturated heterocycles. The van der Waals surface area contributed by atoms with Gasteiger partial charge in [0, 0.05) is 31.4 Å². The summed E-state index contributed by atoms with van der Waals surface area (Å²) >= 11 is 0. The van der Waals surface area contributed by atoms with Crippen molar-refractivity contribution in [2.45, 2.75) is 18.0 Å². The summed E-state index contributed by atoms with van der Waals surface area (Å²) in [7, 11) is 2.05. The first-order valence-corrected chi connectivity index (χ1v) is 7.87. The number of aliphatic hydroxyl groups excluding tert-OH is 1. The Labute approximate surface area is 135 Å². The molecular weight excluding hydrogens is 290 g/mol. The lowest BCUT2D eigenvalue weighted by Crippen LogP contribution is -2.70. The van der Waals surface area contributed by atoms with Crippen molar-refractivity contribution in [2.24, 2.45) is 0 Å². The number of fused-ring (bicyclic) bond motifs is 3. The topological polar surface area (TPSA) is 56.7 Å². The van der Waals surface area contributed by atoms with Crippen LogP contribution in [0.5, 0.6) is 0 Å². The number of likely N-dealkylation sites (N-methyl/N-ethyl adjacent to an activating group) is 1. The molecule has 1 aromatic carbocycles. The fourth-order valence-electron chi connectivity index (χ4n) is 3.98. The molecule has 1 aromatic heterocycles. The van der Waals surface area contributed by atoms with Gasteiger partial charge in [-0.1, -0.05) is 24.3 Å². The maximum Gasteiger partial charge on any atom is 0.273 e. The largest absolute Gasteiger partial charge is 0.394 e. The van der Waals surface area contributed by atoms with Crippen molar-refractivity contribution in [3.8, 4) is 0 Å². The first-order valence-electron chi connectivity index (χ1n) is 7.87. The molecule has 0 saturated carbocycles. The highest BCUT2D eigenvalue weighted by Crippen LogP contribution is 2.47. The Bertz CT molecular complexity index is 734. The Morgan fingerprint density at radius 3 is 2.78 bits per heavy atom. The Morgan fingerprint density at radius 1 is 1.26 bits per heavy atom. The number of para-hydroxylation sites is 1. The molecule has 5 nitrogen and oxygen atoms in total. The van der Waals surface area contributed by atoms with E-state index < -0.39 is 0 Å². The number of hydrogen-bond acceptors (Lipinski definition) is 4. The fourth-order valence-corrected chi connectivity index (χ4v) is 3.98. The number of pyridine rings is 1. The quantitative estimate of drug-likeness (QED) is 0.913.